The topological polar surface area (TPSA) is 52.4 Å². The van der Waals surface area contributed by atoms with Crippen LogP contribution in [0.3, 0.4) is 0 Å². The van der Waals surface area contributed by atoms with Crippen LogP contribution in [0.1, 0.15) is 0 Å². The summed E-state index contributed by atoms with van der Waals surface area (Å²) in [6, 6.07) is 3.23. The van der Waals surface area contributed by atoms with E-state index in [4.69, 9.17) is 4.74 Å². The third-order valence-electron chi connectivity index (χ3n) is 1.78. The van der Waals surface area contributed by atoms with E-state index in [0.717, 1.165) is 18.2 Å². The van der Waals surface area contributed by atoms with Crippen molar-refractivity contribution in [3.8, 4) is 5.75 Å². The molecule has 0 N–H and O–H groups in total. The van der Waals surface area contributed by atoms with E-state index >= 15 is 0 Å². The Balaban J connectivity index is 2.93. The third kappa shape index (κ3) is 3.61. The van der Waals surface area contributed by atoms with E-state index in [-0.39, 0.29) is 11.4 Å². The molecule has 0 aromatic heterocycles. The minimum atomic E-state index is -1.48. The molecule has 0 spiro atoms. The zero-order valence-electron chi connectivity index (χ0n) is 9.49. The smallest absolute Gasteiger partial charge is 0.311 e. The van der Waals surface area contributed by atoms with Crippen LogP contribution in [0.5, 0.6) is 5.75 Å². The monoisotopic (exact) mass is 243 g/mol. The van der Waals surface area contributed by atoms with Gasteiger partial charge in [0.25, 0.3) is 0 Å². The Labute approximate surface area is 94.2 Å². The molecular formula is C10H14FNO3Si. The maximum Gasteiger partial charge on any atom is 0.311 e. The molecule has 0 amide bonds. The number of nitrogens with zero attached hydrogens (tertiary/aromatic N) is 1. The lowest BCUT2D eigenvalue weighted by Gasteiger charge is -2.16. The predicted octanol–water partition coefficient (Wildman–Crippen LogP) is 2.99. The Hall–Kier alpha value is -1.43. The SMILES string of the molecule is C[Si](C)(C)COc1cc(F)ccc1[N+](=O)[O-]. The van der Waals surface area contributed by atoms with Crippen LogP contribution >= 0.6 is 0 Å². The van der Waals surface area contributed by atoms with Crippen molar-refractivity contribution < 1.29 is 14.1 Å². The fourth-order valence-electron chi connectivity index (χ4n) is 1.05. The largest absolute Gasteiger partial charge is 0.491 e. The molecule has 0 fully saturated rings. The molecule has 0 radical (unpaired) electrons. The van der Waals surface area contributed by atoms with Gasteiger partial charge in [0.15, 0.2) is 5.75 Å². The first kappa shape index (κ1) is 12.6. The summed E-state index contributed by atoms with van der Waals surface area (Å²) in [6.45, 7) is 6.20. The molecule has 16 heavy (non-hydrogen) atoms. The number of nitro groups is 1. The van der Waals surface area contributed by atoms with Crippen molar-refractivity contribution in [3.63, 3.8) is 0 Å². The lowest BCUT2D eigenvalue weighted by atomic mass is 10.3. The molecule has 0 heterocycles. The molecule has 0 saturated carbocycles. The number of ether oxygens (including phenoxy) is 1. The van der Waals surface area contributed by atoms with Crippen molar-refractivity contribution in [3.05, 3.63) is 34.1 Å². The van der Waals surface area contributed by atoms with Crippen LogP contribution in [0.4, 0.5) is 10.1 Å². The second kappa shape index (κ2) is 4.61. The first-order valence-corrected chi connectivity index (χ1v) is 8.57. The van der Waals surface area contributed by atoms with E-state index in [9.17, 15) is 14.5 Å². The van der Waals surface area contributed by atoms with Crippen LogP contribution in [0.2, 0.25) is 19.6 Å². The molecule has 1 aromatic rings. The van der Waals surface area contributed by atoms with Gasteiger partial charge in [0.2, 0.25) is 0 Å². The van der Waals surface area contributed by atoms with E-state index in [1.807, 2.05) is 0 Å². The summed E-state index contributed by atoms with van der Waals surface area (Å²) in [5.41, 5.74) is -0.195. The second-order valence-corrected chi connectivity index (χ2v) is 10.1. The molecule has 4 nitrogen and oxygen atoms in total. The highest BCUT2D eigenvalue weighted by Crippen LogP contribution is 2.27. The summed E-state index contributed by atoms with van der Waals surface area (Å²) >= 11 is 0. The third-order valence-corrected chi connectivity index (χ3v) is 2.79. The molecule has 88 valence electrons. The van der Waals surface area contributed by atoms with Gasteiger partial charge in [-0.15, -0.1) is 0 Å². The molecule has 0 bridgehead atoms. The van der Waals surface area contributed by atoms with Crippen molar-refractivity contribution in [1.82, 2.24) is 0 Å². The average molecular weight is 243 g/mol. The highest BCUT2D eigenvalue weighted by atomic mass is 28.3. The predicted molar refractivity (Wildman–Crippen MR) is 61.9 cm³/mol. The molecule has 1 aromatic carbocycles. The Morgan fingerprint density at radius 3 is 2.56 bits per heavy atom. The van der Waals surface area contributed by atoms with E-state index in [2.05, 4.69) is 19.6 Å². The highest BCUT2D eigenvalue weighted by molar-refractivity contribution is 6.76. The van der Waals surface area contributed by atoms with Gasteiger partial charge in [-0.1, -0.05) is 19.6 Å². The summed E-state index contributed by atoms with van der Waals surface area (Å²) < 4.78 is 18.3. The normalized spacial score (nSPS) is 11.2. The van der Waals surface area contributed by atoms with Crippen molar-refractivity contribution in [2.45, 2.75) is 19.6 Å². The zero-order valence-corrected chi connectivity index (χ0v) is 10.5. The quantitative estimate of drug-likeness (QED) is 0.464. The number of nitro benzene ring substituents is 1. The summed E-state index contributed by atoms with van der Waals surface area (Å²) in [4.78, 5) is 10.1. The maximum absolute atomic E-state index is 12.9. The fraction of sp³-hybridized carbons (Fsp3) is 0.400. The molecule has 0 aliphatic rings. The number of hydrogen-bond acceptors (Lipinski definition) is 3. The van der Waals surface area contributed by atoms with E-state index in [1.165, 1.54) is 0 Å². The van der Waals surface area contributed by atoms with Gasteiger partial charge >= 0.3 is 5.69 Å². The van der Waals surface area contributed by atoms with Crippen molar-refractivity contribution in [1.29, 1.82) is 0 Å². The highest BCUT2D eigenvalue weighted by Gasteiger charge is 2.20. The second-order valence-electron chi connectivity index (χ2n) is 4.72. The summed E-state index contributed by atoms with van der Waals surface area (Å²) in [6.07, 6.45) is 0.428. The van der Waals surface area contributed by atoms with Crippen molar-refractivity contribution >= 4 is 13.8 Å². The van der Waals surface area contributed by atoms with Gasteiger partial charge in [-0.25, -0.2) is 4.39 Å². The Morgan fingerprint density at radius 1 is 1.44 bits per heavy atom. The van der Waals surface area contributed by atoms with Crippen molar-refractivity contribution in [2.24, 2.45) is 0 Å². The molecule has 6 heteroatoms. The van der Waals surface area contributed by atoms with Gasteiger partial charge in [0.1, 0.15) is 5.82 Å². The molecule has 0 atom stereocenters. The average Bonchev–Trinajstić information content (AvgIpc) is 2.13. The van der Waals surface area contributed by atoms with Crippen LogP contribution in [0.25, 0.3) is 0 Å². The van der Waals surface area contributed by atoms with Crippen molar-refractivity contribution in [2.75, 3.05) is 6.23 Å². The maximum atomic E-state index is 12.9. The Bertz CT molecular complexity index is 404. The Kier molecular flexibility index (Phi) is 3.64. The first-order valence-electron chi connectivity index (χ1n) is 4.86. The van der Waals surface area contributed by atoms with Gasteiger partial charge in [0.05, 0.1) is 19.2 Å². The molecule has 0 aliphatic heterocycles. The fourth-order valence-corrected chi connectivity index (χ4v) is 1.64. The number of rotatable bonds is 4. The number of benzene rings is 1. The lowest BCUT2D eigenvalue weighted by Crippen LogP contribution is -2.30. The van der Waals surface area contributed by atoms with Gasteiger partial charge in [-0.05, 0) is 6.07 Å². The van der Waals surface area contributed by atoms with Crippen LogP contribution < -0.4 is 4.74 Å². The molecule has 0 aliphatic carbocycles. The summed E-state index contributed by atoms with van der Waals surface area (Å²) in [7, 11) is -1.48. The van der Waals surface area contributed by atoms with E-state index in [0.29, 0.717) is 6.23 Å². The van der Waals surface area contributed by atoms with E-state index < -0.39 is 18.8 Å². The number of halogens is 1. The van der Waals surface area contributed by atoms with Gasteiger partial charge in [0, 0.05) is 12.1 Å². The summed E-state index contributed by atoms with van der Waals surface area (Å²) in [5.74, 6) is -0.524. The lowest BCUT2D eigenvalue weighted by molar-refractivity contribution is -0.385. The molecular weight excluding hydrogens is 229 g/mol. The minimum absolute atomic E-state index is 0.00688. The van der Waals surface area contributed by atoms with Crippen LogP contribution in [-0.4, -0.2) is 19.2 Å². The Morgan fingerprint density at radius 2 is 2.06 bits per heavy atom. The number of hydrogen-bond donors (Lipinski definition) is 0. The zero-order chi connectivity index (χ0) is 12.3. The van der Waals surface area contributed by atoms with Gasteiger partial charge in [-0.3, -0.25) is 10.1 Å². The van der Waals surface area contributed by atoms with Gasteiger partial charge < -0.3 is 4.74 Å². The van der Waals surface area contributed by atoms with E-state index in [1.54, 1.807) is 0 Å². The first-order chi connectivity index (χ1) is 7.29. The van der Waals surface area contributed by atoms with Crippen LogP contribution in [0, 0.1) is 15.9 Å². The minimum Gasteiger partial charge on any atom is -0.491 e. The molecule has 0 unspecified atom stereocenters. The molecule has 0 saturated heterocycles. The van der Waals surface area contributed by atoms with Crippen LogP contribution in [0.15, 0.2) is 18.2 Å². The molecule has 1 rings (SSSR count). The summed E-state index contributed by atoms with van der Waals surface area (Å²) in [5, 5.41) is 10.7. The standard InChI is InChI=1S/C10H14FNO3Si/c1-16(2,3)7-15-10-6-8(11)4-5-9(10)12(13)14/h4-6H,7H2,1-3H3. The van der Waals surface area contributed by atoms with Gasteiger partial charge in [-0.2, -0.15) is 0 Å². The van der Waals surface area contributed by atoms with Crippen LogP contribution in [-0.2, 0) is 0 Å².